The molecule has 11 heavy (non-hydrogen) atoms. The van der Waals surface area contributed by atoms with Gasteiger partial charge in [0.05, 0.1) is 6.61 Å². The lowest BCUT2D eigenvalue weighted by Crippen LogP contribution is -2.10. The van der Waals surface area contributed by atoms with E-state index in [1.165, 1.54) is 32.3 Å². The Morgan fingerprint density at radius 3 is 2.36 bits per heavy atom. The summed E-state index contributed by atoms with van der Waals surface area (Å²) < 4.78 is 0. The molecule has 67 valence electrons. The second-order valence-electron chi connectivity index (χ2n) is 4.01. The molecule has 0 spiro atoms. The molecule has 0 aliphatic rings. The van der Waals surface area contributed by atoms with Gasteiger partial charge in [-0.1, -0.05) is 40.0 Å². The molecule has 1 heteroatoms. The fraction of sp³-hybridized carbons (Fsp3) is 0.900. The van der Waals surface area contributed by atoms with Gasteiger partial charge in [0.2, 0.25) is 0 Å². The average Bonchev–Trinajstić information content (AvgIpc) is 1.87. The normalized spacial score (nSPS) is 12.0. The topological polar surface area (TPSA) is 20.2 Å². The molecule has 0 aromatic carbocycles. The summed E-state index contributed by atoms with van der Waals surface area (Å²) in [5.41, 5.74) is 0.296. The number of hydrogen-bond acceptors (Lipinski definition) is 1. The van der Waals surface area contributed by atoms with E-state index in [0.717, 1.165) is 6.42 Å². The van der Waals surface area contributed by atoms with Gasteiger partial charge in [-0.3, -0.25) is 0 Å². The third kappa shape index (κ3) is 6.36. The second kappa shape index (κ2) is 5.59. The SMILES string of the molecule is CCCCCC(C)(C)C[CH]O. The van der Waals surface area contributed by atoms with Crippen molar-refractivity contribution in [2.75, 3.05) is 0 Å². The van der Waals surface area contributed by atoms with Crippen LogP contribution in [0.5, 0.6) is 0 Å². The Morgan fingerprint density at radius 2 is 1.91 bits per heavy atom. The first-order valence-corrected chi connectivity index (χ1v) is 4.58. The van der Waals surface area contributed by atoms with Gasteiger partial charge in [0, 0.05) is 0 Å². The Morgan fingerprint density at radius 1 is 1.27 bits per heavy atom. The van der Waals surface area contributed by atoms with E-state index in [1.54, 1.807) is 0 Å². The fourth-order valence-electron chi connectivity index (χ4n) is 1.20. The quantitative estimate of drug-likeness (QED) is 0.585. The first-order valence-electron chi connectivity index (χ1n) is 4.58. The van der Waals surface area contributed by atoms with Crippen LogP contribution in [0.4, 0.5) is 0 Å². The van der Waals surface area contributed by atoms with Gasteiger partial charge in [0.25, 0.3) is 0 Å². The molecular formula is C10H21O. The van der Waals surface area contributed by atoms with Crippen molar-refractivity contribution in [1.29, 1.82) is 0 Å². The van der Waals surface area contributed by atoms with Gasteiger partial charge in [0.1, 0.15) is 0 Å². The summed E-state index contributed by atoms with van der Waals surface area (Å²) in [6, 6.07) is 0. The summed E-state index contributed by atoms with van der Waals surface area (Å²) in [5, 5.41) is 8.63. The fourth-order valence-corrected chi connectivity index (χ4v) is 1.20. The maximum absolute atomic E-state index is 8.63. The highest BCUT2D eigenvalue weighted by atomic mass is 16.3. The van der Waals surface area contributed by atoms with Gasteiger partial charge in [0.15, 0.2) is 0 Å². The zero-order chi connectivity index (χ0) is 8.74. The van der Waals surface area contributed by atoms with Crippen molar-refractivity contribution in [2.24, 2.45) is 5.41 Å². The van der Waals surface area contributed by atoms with E-state index >= 15 is 0 Å². The molecule has 0 aliphatic carbocycles. The molecule has 0 rings (SSSR count). The van der Waals surface area contributed by atoms with Crippen LogP contribution >= 0.6 is 0 Å². The minimum absolute atomic E-state index is 0.296. The van der Waals surface area contributed by atoms with E-state index in [4.69, 9.17) is 5.11 Å². The Bertz CT molecular complexity index is 86.9. The zero-order valence-electron chi connectivity index (χ0n) is 8.06. The monoisotopic (exact) mass is 157 g/mol. The molecule has 0 unspecified atom stereocenters. The number of rotatable bonds is 6. The molecule has 0 aliphatic heterocycles. The Labute approximate surface area is 70.8 Å². The summed E-state index contributed by atoms with van der Waals surface area (Å²) in [5.74, 6) is 0. The van der Waals surface area contributed by atoms with E-state index in [0.29, 0.717) is 5.41 Å². The van der Waals surface area contributed by atoms with Crippen molar-refractivity contribution in [3.05, 3.63) is 6.61 Å². The van der Waals surface area contributed by atoms with E-state index in [-0.39, 0.29) is 0 Å². The van der Waals surface area contributed by atoms with Gasteiger partial charge in [-0.2, -0.15) is 0 Å². The predicted molar refractivity (Wildman–Crippen MR) is 48.8 cm³/mol. The molecule has 0 aromatic rings. The van der Waals surface area contributed by atoms with Crippen molar-refractivity contribution in [1.82, 2.24) is 0 Å². The van der Waals surface area contributed by atoms with Crippen LogP contribution in [0.15, 0.2) is 0 Å². The highest BCUT2D eigenvalue weighted by molar-refractivity contribution is 4.71. The molecule has 0 fully saturated rings. The van der Waals surface area contributed by atoms with Crippen molar-refractivity contribution in [3.63, 3.8) is 0 Å². The van der Waals surface area contributed by atoms with Gasteiger partial charge < -0.3 is 5.11 Å². The number of hydrogen-bond donors (Lipinski definition) is 1. The van der Waals surface area contributed by atoms with Gasteiger partial charge in [-0.05, 0) is 18.3 Å². The van der Waals surface area contributed by atoms with Crippen LogP contribution < -0.4 is 0 Å². The van der Waals surface area contributed by atoms with Crippen LogP contribution in [0.1, 0.15) is 52.9 Å². The van der Waals surface area contributed by atoms with E-state index in [9.17, 15) is 0 Å². The van der Waals surface area contributed by atoms with Crippen LogP contribution in [0.25, 0.3) is 0 Å². The number of aliphatic hydroxyl groups excluding tert-OH is 1. The van der Waals surface area contributed by atoms with Crippen LogP contribution in [-0.4, -0.2) is 5.11 Å². The van der Waals surface area contributed by atoms with Gasteiger partial charge in [-0.25, -0.2) is 0 Å². The average molecular weight is 157 g/mol. The minimum atomic E-state index is 0.296. The standard InChI is InChI=1S/C10H21O/c1-4-5-6-7-10(2,3)8-9-11/h9,11H,4-8H2,1-3H3. The lowest BCUT2D eigenvalue weighted by Gasteiger charge is -2.22. The van der Waals surface area contributed by atoms with Crippen LogP contribution in [-0.2, 0) is 0 Å². The lowest BCUT2D eigenvalue weighted by molar-refractivity contribution is 0.252. The molecule has 0 saturated heterocycles. The van der Waals surface area contributed by atoms with Crippen molar-refractivity contribution >= 4 is 0 Å². The van der Waals surface area contributed by atoms with E-state index in [1.807, 2.05) is 0 Å². The summed E-state index contributed by atoms with van der Waals surface area (Å²) in [6.07, 6.45) is 5.92. The number of unbranched alkanes of at least 4 members (excludes halogenated alkanes) is 2. The summed E-state index contributed by atoms with van der Waals surface area (Å²) >= 11 is 0. The third-order valence-electron chi connectivity index (χ3n) is 2.10. The third-order valence-corrected chi connectivity index (χ3v) is 2.10. The molecule has 0 saturated carbocycles. The summed E-state index contributed by atoms with van der Waals surface area (Å²) in [7, 11) is 0. The minimum Gasteiger partial charge on any atom is -0.390 e. The molecule has 0 bridgehead atoms. The maximum atomic E-state index is 8.63. The summed E-state index contributed by atoms with van der Waals surface area (Å²) in [4.78, 5) is 0. The van der Waals surface area contributed by atoms with E-state index in [2.05, 4.69) is 20.8 Å². The molecule has 0 aromatic heterocycles. The molecule has 1 radical (unpaired) electrons. The largest absolute Gasteiger partial charge is 0.390 e. The van der Waals surface area contributed by atoms with Crippen LogP contribution in [0.2, 0.25) is 0 Å². The van der Waals surface area contributed by atoms with E-state index < -0.39 is 0 Å². The van der Waals surface area contributed by atoms with Crippen LogP contribution in [0, 0.1) is 12.0 Å². The lowest BCUT2D eigenvalue weighted by atomic mass is 9.84. The first-order chi connectivity index (χ1) is 5.12. The maximum Gasteiger partial charge on any atom is 0.0804 e. The molecule has 0 atom stereocenters. The number of aliphatic hydroxyl groups is 1. The zero-order valence-corrected chi connectivity index (χ0v) is 8.06. The highest BCUT2D eigenvalue weighted by Gasteiger charge is 2.15. The van der Waals surface area contributed by atoms with Gasteiger partial charge >= 0.3 is 0 Å². The summed E-state index contributed by atoms with van der Waals surface area (Å²) in [6.45, 7) is 7.90. The Balaban J connectivity index is 3.38. The molecule has 1 nitrogen and oxygen atoms in total. The van der Waals surface area contributed by atoms with Crippen molar-refractivity contribution < 1.29 is 5.11 Å². The predicted octanol–water partition coefficient (Wildman–Crippen LogP) is 3.52. The van der Waals surface area contributed by atoms with Crippen LogP contribution in [0.3, 0.4) is 0 Å². The Kier molecular flexibility index (Phi) is 5.57. The molecule has 0 heterocycles. The molecular weight excluding hydrogens is 136 g/mol. The smallest absolute Gasteiger partial charge is 0.0804 e. The first kappa shape index (κ1) is 11.0. The second-order valence-corrected chi connectivity index (χ2v) is 4.01. The van der Waals surface area contributed by atoms with Crippen molar-refractivity contribution in [3.8, 4) is 0 Å². The van der Waals surface area contributed by atoms with Gasteiger partial charge in [-0.15, -0.1) is 0 Å². The van der Waals surface area contributed by atoms with Crippen molar-refractivity contribution in [2.45, 2.75) is 52.9 Å². The Hall–Kier alpha value is -0.0400. The molecule has 1 N–H and O–H groups in total. The molecule has 0 amide bonds. The highest BCUT2D eigenvalue weighted by Crippen LogP contribution is 2.27.